The predicted octanol–water partition coefficient (Wildman–Crippen LogP) is 4.08. The molecule has 1 nitrogen and oxygen atoms in total. The van der Waals surface area contributed by atoms with E-state index in [0.29, 0.717) is 0 Å². The molecule has 1 aromatic carbocycles. The quantitative estimate of drug-likeness (QED) is 0.841. The third kappa shape index (κ3) is 2.92. The summed E-state index contributed by atoms with van der Waals surface area (Å²) in [6, 6.07) is 12.9. The average molecular weight is 263 g/mol. The monoisotopic (exact) mass is 263 g/mol. The summed E-state index contributed by atoms with van der Waals surface area (Å²) in [5.41, 5.74) is 7.47. The van der Waals surface area contributed by atoms with Gasteiger partial charge in [0, 0.05) is 14.6 Å². The van der Waals surface area contributed by atoms with E-state index in [-0.39, 0.29) is 6.04 Å². The Labute approximate surface area is 111 Å². The minimum Gasteiger partial charge on any atom is -0.320 e. The lowest BCUT2D eigenvalue weighted by Gasteiger charge is -2.10. The van der Waals surface area contributed by atoms with E-state index < -0.39 is 0 Å². The van der Waals surface area contributed by atoms with Crippen molar-refractivity contribution in [3.8, 4) is 0 Å². The van der Waals surface area contributed by atoms with Crippen molar-refractivity contribution in [1.29, 1.82) is 0 Å². The molecule has 0 amide bonds. The minimum absolute atomic E-state index is 0.0104. The van der Waals surface area contributed by atoms with E-state index in [9.17, 15) is 0 Å². The molecule has 0 aliphatic heterocycles. The van der Waals surface area contributed by atoms with Gasteiger partial charge in [0.1, 0.15) is 0 Å². The highest BCUT2D eigenvalue weighted by atomic mass is 32.2. The Bertz CT molecular complexity index is 473. The van der Waals surface area contributed by atoms with Gasteiger partial charge in [-0.2, -0.15) is 0 Å². The van der Waals surface area contributed by atoms with Gasteiger partial charge in [-0.15, -0.1) is 23.1 Å². The Morgan fingerprint density at radius 1 is 1.18 bits per heavy atom. The highest BCUT2D eigenvalue weighted by Gasteiger charge is 2.11. The lowest BCUT2D eigenvalue weighted by atomic mass is 10.1. The van der Waals surface area contributed by atoms with E-state index in [1.807, 2.05) is 11.3 Å². The average Bonchev–Trinajstić information content (AvgIpc) is 2.87. The molecule has 0 aliphatic carbocycles. The SMILES string of the molecule is CCc1ccc(C(N)c2ccc(SC)cc2)s1. The standard InChI is InChI=1S/C14H17NS2/c1-3-11-8-9-13(17-11)14(15)10-4-6-12(16-2)7-5-10/h4-9,14H,3,15H2,1-2H3. The molecule has 1 unspecified atom stereocenters. The molecule has 2 N–H and O–H groups in total. The second-order valence-electron chi connectivity index (χ2n) is 3.91. The predicted molar refractivity (Wildman–Crippen MR) is 78.0 cm³/mol. The van der Waals surface area contributed by atoms with Crippen LogP contribution in [0.5, 0.6) is 0 Å². The number of aryl methyl sites for hydroxylation is 1. The molecule has 0 saturated carbocycles. The summed E-state index contributed by atoms with van der Waals surface area (Å²) in [5.74, 6) is 0. The Kier molecular flexibility index (Phi) is 4.26. The smallest absolute Gasteiger partial charge is 0.0646 e. The zero-order valence-electron chi connectivity index (χ0n) is 10.1. The Hall–Kier alpha value is -0.770. The van der Waals surface area contributed by atoms with Crippen LogP contribution in [0.2, 0.25) is 0 Å². The molecule has 2 rings (SSSR count). The van der Waals surface area contributed by atoms with Crippen LogP contribution in [-0.4, -0.2) is 6.26 Å². The van der Waals surface area contributed by atoms with Gasteiger partial charge in [-0.25, -0.2) is 0 Å². The van der Waals surface area contributed by atoms with Crippen LogP contribution in [0.4, 0.5) is 0 Å². The highest BCUT2D eigenvalue weighted by molar-refractivity contribution is 7.98. The molecule has 0 spiro atoms. The normalized spacial score (nSPS) is 12.6. The van der Waals surface area contributed by atoms with Crippen molar-refractivity contribution in [3.63, 3.8) is 0 Å². The number of nitrogens with two attached hydrogens (primary N) is 1. The third-order valence-electron chi connectivity index (χ3n) is 2.81. The largest absolute Gasteiger partial charge is 0.320 e. The Morgan fingerprint density at radius 2 is 1.88 bits per heavy atom. The highest BCUT2D eigenvalue weighted by Crippen LogP contribution is 2.28. The molecule has 1 atom stereocenters. The molecular weight excluding hydrogens is 246 g/mol. The molecule has 0 radical (unpaired) electrons. The Morgan fingerprint density at radius 3 is 2.41 bits per heavy atom. The van der Waals surface area contributed by atoms with Crippen molar-refractivity contribution >= 4 is 23.1 Å². The molecule has 1 heterocycles. The van der Waals surface area contributed by atoms with Gasteiger partial charge >= 0.3 is 0 Å². The first-order chi connectivity index (χ1) is 8.24. The van der Waals surface area contributed by atoms with Crippen molar-refractivity contribution in [2.45, 2.75) is 24.3 Å². The minimum atomic E-state index is 0.0104. The van der Waals surface area contributed by atoms with Crippen molar-refractivity contribution in [3.05, 3.63) is 51.7 Å². The molecular formula is C14H17NS2. The van der Waals surface area contributed by atoms with E-state index in [1.165, 1.54) is 20.2 Å². The van der Waals surface area contributed by atoms with Crippen LogP contribution in [0.15, 0.2) is 41.3 Å². The van der Waals surface area contributed by atoms with E-state index >= 15 is 0 Å². The number of hydrogen-bond acceptors (Lipinski definition) is 3. The number of thiophene rings is 1. The van der Waals surface area contributed by atoms with Gasteiger partial charge < -0.3 is 5.73 Å². The zero-order chi connectivity index (χ0) is 12.3. The number of thioether (sulfide) groups is 1. The molecule has 1 aromatic heterocycles. The summed E-state index contributed by atoms with van der Waals surface area (Å²) >= 11 is 3.57. The fraction of sp³-hybridized carbons (Fsp3) is 0.286. The lowest BCUT2D eigenvalue weighted by Crippen LogP contribution is -2.09. The summed E-state index contributed by atoms with van der Waals surface area (Å²) in [6.07, 6.45) is 3.17. The van der Waals surface area contributed by atoms with Gasteiger partial charge in [-0.1, -0.05) is 19.1 Å². The van der Waals surface area contributed by atoms with Gasteiger partial charge in [0.15, 0.2) is 0 Å². The molecule has 0 bridgehead atoms. The van der Waals surface area contributed by atoms with Crippen molar-refractivity contribution in [2.24, 2.45) is 5.73 Å². The van der Waals surface area contributed by atoms with Crippen LogP contribution >= 0.6 is 23.1 Å². The maximum atomic E-state index is 6.28. The van der Waals surface area contributed by atoms with Crippen LogP contribution in [0.25, 0.3) is 0 Å². The maximum absolute atomic E-state index is 6.28. The van der Waals surface area contributed by atoms with Crippen molar-refractivity contribution < 1.29 is 0 Å². The summed E-state index contributed by atoms with van der Waals surface area (Å²) in [7, 11) is 0. The molecule has 3 heteroatoms. The second kappa shape index (κ2) is 5.71. The summed E-state index contributed by atoms with van der Waals surface area (Å²) in [6.45, 7) is 2.18. The molecule has 2 aromatic rings. The van der Waals surface area contributed by atoms with Gasteiger partial charge in [-0.05, 0) is 42.5 Å². The van der Waals surface area contributed by atoms with E-state index in [0.717, 1.165) is 6.42 Å². The lowest BCUT2D eigenvalue weighted by molar-refractivity contribution is 0.891. The van der Waals surface area contributed by atoms with E-state index in [4.69, 9.17) is 5.73 Å². The summed E-state index contributed by atoms with van der Waals surface area (Å²) in [5, 5.41) is 0. The van der Waals surface area contributed by atoms with E-state index in [1.54, 1.807) is 11.8 Å². The van der Waals surface area contributed by atoms with Gasteiger partial charge in [0.2, 0.25) is 0 Å². The van der Waals surface area contributed by atoms with Crippen LogP contribution < -0.4 is 5.73 Å². The molecule has 0 saturated heterocycles. The first-order valence-electron chi connectivity index (χ1n) is 5.72. The van der Waals surface area contributed by atoms with Crippen molar-refractivity contribution in [1.82, 2.24) is 0 Å². The van der Waals surface area contributed by atoms with E-state index in [2.05, 4.69) is 49.6 Å². The fourth-order valence-electron chi connectivity index (χ4n) is 1.73. The molecule has 90 valence electrons. The first-order valence-corrected chi connectivity index (χ1v) is 7.77. The zero-order valence-corrected chi connectivity index (χ0v) is 11.8. The number of benzene rings is 1. The third-order valence-corrected chi connectivity index (χ3v) is 4.87. The Balaban J connectivity index is 2.20. The van der Waals surface area contributed by atoms with Gasteiger partial charge in [0.25, 0.3) is 0 Å². The number of hydrogen-bond donors (Lipinski definition) is 1. The van der Waals surface area contributed by atoms with Crippen molar-refractivity contribution in [2.75, 3.05) is 6.26 Å². The van der Waals surface area contributed by atoms with Gasteiger partial charge in [0.05, 0.1) is 6.04 Å². The van der Waals surface area contributed by atoms with Crippen LogP contribution in [-0.2, 0) is 6.42 Å². The second-order valence-corrected chi connectivity index (χ2v) is 5.99. The molecule has 0 fully saturated rings. The number of rotatable bonds is 4. The topological polar surface area (TPSA) is 26.0 Å². The maximum Gasteiger partial charge on any atom is 0.0646 e. The fourth-order valence-corrected chi connectivity index (χ4v) is 3.12. The van der Waals surface area contributed by atoms with Crippen LogP contribution in [0.3, 0.4) is 0 Å². The van der Waals surface area contributed by atoms with Crippen LogP contribution in [0, 0.1) is 0 Å². The summed E-state index contributed by atoms with van der Waals surface area (Å²) < 4.78 is 0. The van der Waals surface area contributed by atoms with Gasteiger partial charge in [-0.3, -0.25) is 0 Å². The summed E-state index contributed by atoms with van der Waals surface area (Å²) in [4.78, 5) is 3.93. The molecule has 0 aliphatic rings. The molecule has 17 heavy (non-hydrogen) atoms. The van der Waals surface area contributed by atoms with Crippen LogP contribution in [0.1, 0.15) is 28.3 Å². The first kappa shape index (κ1) is 12.7.